The number of nitrogens with one attached hydrogen (secondary N) is 1. The number of halogens is 1. The Bertz CT molecular complexity index is 1390. The van der Waals surface area contributed by atoms with Crippen LogP contribution in [0.25, 0.3) is 5.57 Å². The summed E-state index contributed by atoms with van der Waals surface area (Å²) in [5, 5.41) is 2.89. The van der Waals surface area contributed by atoms with Crippen LogP contribution in [0, 0.1) is 19.7 Å². The van der Waals surface area contributed by atoms with Gasteiger partial charge in [0.25, 0.3) is 11.8 Å². The average molecular weight is 513 g/mol. The third-order valence-electron chi connectivity index (χ3n) is 7.11. The second-order valence-electron chi connectivity index (χ2n) is 9.64. The lowest BCUT2D eigenvalue weighted by Crippen LogP contribution is -2.38. The van der Waals surface area contributed by atoms with Crippen molar-refractivity contribution in [2.45, 2.75) is 32.6 Å². The van der Waals surface area contributed by atoms with E-state index in [1.165, 1.54) is 23.8 Å². The molecule has 0 aliphatic carbocycles. The summed E-state index contributed by atoms with van der Waals surface area (Å²) in [4.78, 5) is 32.0. The van der Waals surface area contributed by atoms with E-state index in [0.717, 1.165) is 29.5 Å². The number of benzene rings is 3. The van der Waals surface area contributed by atoms with E-state index < -0.39 is 0 Å². The van der Waals surface area contributed by atoms with Gasteiger partial charge in [-0.2, -0.15) is 0 Å². The van der Waals surface area contributed by atoms with Crippen molar-refractivity contribution < 1.29 is 14.0 Å². The zero-order valence-corrected chi connectivity index (χ0v) is 22.0. The van der Waals surface area contributed by atoms with Crippen LogP contribution in [0.1, 0.15) is 61.7 Å². The molecule has 0 unspecified atom stereocenters. The first-order chi connectivity index (χ1) is 18.3. The second-order valence-corrected chi connectivity index (χ2v) is 9.64. The maximum absolute atomic E-state index is 13.4. The zero-order valence-electron chi connectivity index (χ0n) is 22.0. The van der Waals surface area contributed by atoms with Gasteiger partial charge in [-0.3, -0.25) is 14.6 Å². The molecule has 1 aliphatic rings. The Hall–Kier alpha value is -4.26. The number of allylic oxidation sites excluding steroid dienone is 1. The molecule has 196 valence electrons. The Morgan fingerprint density at radius 3 is 2.29 bits per heavy atom. The van der Waals surface area contributed by atoms with Crippen LogP contribution in [0.4, 0.5) is 10.1 Å². The molecule has 0 bridgehead atoms. The highest BCUT2D eigenvalue weighted by atomic mass is 19.1. The smallest absolute Gasteiger partial charge is 0.255 e. The molecule has 7 heteroatoms. The van der Waals surface area contributed by atoms with Gasteiger partial charge in [-0.25, -0.2) is 4.39 Å². The van der Waals surface area contributed by atoms with Crippen molar-refractivity contribution in [1.29, 1.82) is 0 Å². The molecule has 6 nitrogen and oxygen atoms in total. The van der Waals surface area contributed by atoms with E-state index in [2.05, 4.69) is 34.6 Å². The van der Waals surface area contributed by atoms with E-state index >= 15 is 0 Å². The molecule has 4 rings (SSSR count). The SMILES string of the molecule is CN=CC(=CN)c1ccc(C2CCN(C(=O)c3ccc(C)c(NC(=O)c4ccc(F)cc4C)c3)CC2)cc1. The lowest BCUT2D eigenvalue weighted by atomic mass is 9.88. The summed E-state index contributed by atoms with van der Waals surface area (Å²) >= 11 is 0. The number of amides is 2. The lowest BCUT2D eigenvalue weighted by Gasteiger charge is -2.32. The normalized spacial score (nSPS) is 14.6. The molecule has 38 heavy (non-hydrogen) atoms. The highest BCUT2D eigenvalue weighted by Crippen LogP contribution is 2.30. The molecule has 1 saturated heterocycles. The van der Waals surface area contributed by atoms with Gasteiger partial charge in [0.1, 0.15) is 5.82 Å². The van der Waals surface area contributed by atoms with Crippen molar-refractivity contribution in [3.63, 3.8) is 0 Å². The second kappa shape index (κ2) is 11.9. The van der Waals surface area contributed by atoms with Crippen molar-refractivity contribution in [2.24, 2.45) is 10.7 Å². The van der Waals surface area contributed by atoms with Gasteiger partial charge in [0.2, 0.25) is 0 Å². The molecule has 3 aromatic rings. The van der Waals surface area contributed by atoms with E-state index in [4.69, 9.17) is 5.73 Å². The lowest BCUT2D eigenvalue weighted by molar-refractivity contribution is 0.0712. The molecule has 3 aromatic carbocycles. The van der Waals surface area contributed by atoms with Crippen LogP contribution in [0.3, 0.4) is 0 Å². The summed E-state index contributed by atoms with van der Waals surface area (Å²) < 4.78 is 13.4. The Kier molecular flexibility index (Phi) is 8.36. The van der Waals surface area contributed by atoms with Gasteiger partial charge in [0, 0.05) is 54.9 Å². The largest absolute Gasteiger partial charge is 0.404 e. The van der Waals surface area contributed by atoms with Crippen molar-refractivity contribution in [1.82, 2.24) is 4.90 Å². The van der Waals surface area contributed by atoms with Crippen LogP contribution in [0.2, 0.25) is 0 Å². The summed E-state index contributed by atoms with van der Waals surface area (Å²) in [5.41, 5.74) is 11.8. The van der Waals surface area contributed by atoms with Gasteiger partial charge >= 0.3 is 0 Å². The Morgan fingerprint density at radius 1 is 0.974 bits per heavy atom. The van der Waals surface area contributed by atoms with E-state index in [1.54, 1.807) is 38.5 Å². The monoisotopic (exact) mass is 512 g/mol. The molecule has 0 saturated carbocycles. The summed E-state index contributed by atoms with van der Waals surface area (Å²) in [6, 6.07) is 17.8. The van der Waals surface area contributed by atoms with E-state index in [1.807, 2.05) is 17.9 Å². The summed E-state index contributed by atoms with van der Waals surface area (Å²) in [6.45, 7) is 4.88. The number of likely N-dealkylation sites (tertiary alicyclic amines) is 1. The highest BCUT2D eigenvalue weighted by Gasteiger charge is 2.25. The van der Waals surface area contributed by atoms with Gasteiger partial charge in [-0.15, -0.1) is 0 Å². The Balaban J connectivity index is 1.40. The maximum Gasteiger partial charge on any atom is 0.255 e. The standard InChI is InChI=1S/C31H33FN4O2/c1-20-4-5-25(17-29(20)35-30(37)28-11-10-27(32)16-21(28)2)31(38)36-14-12-24(13-15-36)22-6-8-23(9-7-22)26(18-33)19-34-3/h4-11,16-19,24H,12-15,33H2,1-3H3,(H,35,37). The van der Waals surface area contributed by atoms with Gasteiger partial charge in [-0.1, -0.05) is 30.3 Å². The van der Waals surface area contributed by atoms with Crippen LogP contribution in [-0.2, 0) is 0 Å². The number of carbonyl (C=O) groups excluding carboxylic acids is 2. The predicted octanol–water partition coefficient (Wildman–Crippen LogP) is 5.71. The van der Waals surface area contributed by atoms with E-state index in [-0.39, 0.29) is 17.6 Å². The van der Waals surface area contributed by atoms with Crippen molar-refractivity contribution in [3.05, 3.63) is 106 Å². The van der Waals surface area contributed by atoms with Gasteiger partial charge in [0.05, 0.1) is 0 Å². The van der Waals surface area contributed by atoms with Crippen LogP contribution >= 0.6 is 0 Å². The molecule has 1 heterocycles. The van der Waals surface area contributed by atoms with Gasteiger partial charge in [-0.05, 0) is 85.2 Å². The first-order valence-electron chi connectivity index (χ1n) is 12.7. The molecule has 3 N–H and O–H groups in total. The van der Waals surface area contributed by atoms with Crippen LogP contribution in [-0.4, -0.2) is 43.1 Å². The third kappa shape index (κ3) is 5.99. The van der Waals surface area contributed by atoms with E-state index in [9.17, 15) is 14.0 Å². The van der Waals surface area contributed by atoms with Crippen molar-refractivity contribution >= 4 is 29.3 Å². The molecule has 2 amide bonds. The number of nitrogens with two attached hydrogens (primary N) is 1. The molecule has 0 atom stereocenters. The number of aryl methyl sites for hydroxylation is 2. The first-order valence-corrected chi connectivity index (χ1v) is 12.7. The third-order valence-corrected chi connectivity index (χ3v) is 7.11. The van der Waals surface area contributed by atoms with Crippen molar-refractivity contribution in [2.75, 3.05) is 25.5 Å². The molecule has 0 aromatic heterocycles. The Morgan fingerprint density at radius 2 is 1.66 bits per heavy atom. The highest BCUT2D eigenvalue weighted by molar-refractivity contribution is 6.09. The number of rotatable bonds is 6. The number of nitrogens with zero attached hydrogens (tertiary/aromatic N) is 2. The van der Waals surface area contributed by atoms with Crippen molar-refractivity contribution in [3.8, 4) is 0 Å². The summed E-state index contributed by atoms with van der Waals surface area (Å²) in [6.07, 6.45) is 5.05. The van der Waals surface area contributed by atoms with Crippen LogP contribution in [0.15, 0.2) is 71.9 Å². The minimum atomic E-state index is -0.386. The topological polar surface area (TPSA) is 87.8 Å². The summed E-state index contributed by atoms with van der Waals surface area (Å²) in [7, 11) is 1.72. The summed E-state index contributed by atoms with van der Waals surface area (Å²) in [5.74, 6) is -0.393. The fraction of sp³-hybridized carbons (Fsp3) is 0.258. The molecule has 0 spiro atoms. The average Bonchev–Trinajstić information content (AvgIpc) is 2.92. The quantitative estimate of drug-likeness (QED) is 0.415. The number of carbonyl (C=O) groups is 2. The molecular weight excluding hydrogens is 479 g/mol. The maximum atomic E-state index is 13.4. The number of aliphatic imine (C=N–C) groups is 1. The minimum Gasteiger partial charge on any atom is -0.404 e. The van der Waals surface area contributed by atoms with Crippen LogP contribution in [0.5, 0.6) is 0 Å². The fourth-order valence-electron chi connectivity index (χ4n) is 4.86. The van der Waals surface area contributed by atoms with Gasteiger partial charge in [0.15, 0.2) is 0 Å². The number of anilines is 1. The first kappa shape index (κ1) is 26.8. The number of hydrogen-bond acceptors (Lipinski definition) is 4. The Labute approximate surface area is 223 Å². The molecule has 1 aliphatic heterocycles. The predicted molar refractivity (Wildman–Crippen MR) is 151 cm³/mol. The van der Waals surface area contributed by atoms with E-state index in [0.29, 0.717) is 41.4 Å². The number of hydrogen-bond donors (Lipinski definition) is 2. The fourth-order valence-corrected chi connectivity index (χ4v) is 4.86. The number of piperidine rings is 1. The van der Waals surface area contributed by atoms with Gasteiger partial charge < -0.3 is 16.0 Å². The molecular formula is C31H33FN4O2. The van der Waals surface area contributed by atoms with Crippen LogP contribution < -0.4 is 11.1 Å². The minimum absolute atomic E-state index is 0.0520. The zero-order chi connectivity index (χ0) is 27.2. The molecule has 1 fully saturated rings. The molecule has 0 radical (unpaired) electrons.